The highest BCUT2D eigenvalue weighted by atomic mass is 16.7. The van der Waals surface area contributed by atoms with E-state index >= 15 is 0 Å². The summed E-state index contributed by atoms with van der Waals surface area (Å²) in [7, 11) is 1.57. The number of hydrogen-bond acceptors (Lipinski definition) is 6. The third-order valence-electron chi connectivity index (χ3n) is 5.00. The van der Waals surface area contributed by atoms with Crippen molar-refractivity contribution in [3.8, 4) is 11.1 Å². The normalized spacial score (nSPS) is 12.0. The van der Waals surface area contributed by atoms with Gasteiger partial charge in [0.15, 0.2) is 12.4 Å². The van der Waals surface area contributed by atoms with Crippen LogP contribution in [-0.2, 0) is 21.4 Å². The molecule has 0 radical (unpaired) electrons. The first-order chi connectivity index (χ1) is 15.4. The lowest BCUT2D eigenvalue weighted by Gasteiger charge is -2.14. The molecule has 1 heterocycles. The van der Waals surface area contributed by atoms with Gasteiger partial charge in [0.2, 0.25) is 0 Å². The number of benzene rings is 2. The van der Waals surface area contributed by atoms with Crippen LogP contribution < -0.4 is 10.8 Å². The van der Waals surface area contributed by atoms with Gasteiger partial charge in [-0.1, -0.05) is 48.5 Å². The number of carbonyl (C=O) groups excluding carboxylic acids is 2. The highest BCUT2D eigenvalue weighted by Crippen LogP contribution is 2.44. The fraction of sp³-hybridized carbons (Fsp3) is 0.182. The van der Waals surface area contributed by atoms with Crippen molar-refractivity contribution in [3.63, 3.8) is 0 Å². The molecule has 1 aliphatic rings. The molecule has 0 saturated carbocycles. The van der Waals surface area contributed by atoms with Gasteiger partial charge in [0.1, 0.15) is 12.2 Å². The maximum Gasteiger partial charge on any atom is 0.412 e. The molecule has 0 aliphatic heterocycles. The molecular formula is C22H20N4O6. The van der Waals surface area contributed by atoms with Crippen molar-refractivity contribution in [2.45, 2.75) is 5.92 Å². The van der Waals surface area contributed by atoms with E-state index in [-0.39, 0.29) is 23.9 Å². The molecule has 0 spiro atoms. The monoisotopic (exact) mass is 436 g/mol. The lowest BCUT2D eigenvalue weighted by atomic mass is 9.98. The number of carbonyl (C=O) groups is 3. The Labute approximate surface area is 182 Å². The summed E-state index contributed by atoms with van der Waals surface area (Å²) in [5.41, 5.74) is 6.37. The minimum absolute atomic E-state index is 0.00797. The Morgan fingerprint density at radius 3 is 2.31 bits per heavy atom. The zero-order valence-corrected chi connectivity index (χ0v) is 17.1. The number of carboxylic acids is 1. The fourth-order valence-corrected chi connectivity index (χ4v) is 3.70. The van der Waals surface area contributed by atoms with Gasteiger partial charge in [-0.3, -0.25) is 19.6 Å². The summed E-state index contributed by atoms with van der Waals surface area (Å²) in [5, 5.41) is 15.1. The largest absolute Gasteiger partial charge is 0.479 e. The molecule has 164 valence electrons. The molecule has 0 bridgehead atoms. The van der Waals surface area contributed by atoms with Crippen LogP contribution in [-0.4, -0.2) is 46.1 Å². The Kier molecular flexibility index (Phi) is 5.86. The van der Waals surface area contributed by atoms with Crippen LogP contribution in [0.4, 0.5) is 10.6 Å². The quantitative estimate of drug-likeness (QED) is 0.485. The topological polar surface area (TPSA) is 132 Å². The first-order valence-corrected chi connectivity index (χ1v) is 9.73. The number of aromatic nitrogens is 2. The number of aryl methyl sites for hydroxylation is 1. The molecular weight excluding hydrogens is 416 g/mol. The Balaban J connectivity index is 1.42. The summed E-state index contributed by atoms with van der Waals surface area (Å²) in [4.78, 5) is 39.8. The number of nitrogens with zero attached hydrogens (tertiary/aromatic N) is 2. The second kappa shape index (κ2) is 8.90. The maximum atomic E-state index is 12.5. The van der Waals surface area contributed by atoms with Crippen molar-refractivity contribution in [2.75, 3.05) is 18.5 Å². The van der Waals surface area contributed by atoms with Gasteiger partial charge in [-0.25, -0.2) is 15.1 Å². The van der Waals surface area contributed by atoms with Crippen LogP contribution in [0.5, 0.6) is 0 Å². The summed E-state index contributed by atoms with van der Waals surface area (Å²) in [6, 6.07) is 15.9. The number of amides is 2. The van der Waals surface area contributed by atoms with Gasteiger partial charge in [0.05, 0.1) is 0 Å². The zero-order valence-electron chi connectivity index (χ0n) is 17.1. The number of nitrogens with one attached hydrogen (secondary N) is 2. The molecule has 32 heavy (non-hydrogen) atoms. The second-order valence-corrected chi connectivity index (χ2v) is 7.13. The lowest BCUT2D eigenvalue weighted by molar-refractivity contribution is -0.144. The SMILES string of the molecule is Cn1cc(C(=O)NOCC(=O)O)c(NC(=O)OCC2c3ccccc3-c3ccccc32)n1. The fourth-order valence-electron chi connectivity index (χ4n) is 3.70. The molecule has 0 unspecified atom stereocenters. The Hall–Kier alpha value is -4.18. The van der Waals surface area contributed by atoms with Crippen LogP contribution in [0.2, 0.25) is 0 Å². The van der Waals surface area contributed by atoms with Crippen LogP contribution >= 0.6 is 0 Å². The van der Waals surface area contributed by atoms with Gasteiger partial charge in [-0.2, -0.15) is 5.10 Å². The second-order valence-electron chi connectivity index (χ2n) is 7.13. The van der Waals surface area contributed by atoms with E-state index in [0.717, 1.165) is 22.3 Å². The minimum Gasteiger partial charge on any atom is -0.479 e. The average molecular weight is 436 g/mol. The summed E-state index contributed by atoms with van der Waals surface area (Å²) >= 11 is 0. The molecule has 1 aliphatic carbocycles. The molecule has 4 rings (SSSR count). The molecule has 1 aromatic heterocycles. The van der Waals surface area contributed by atoms with Crippen molar-refractivity contribution in [1.29, 1.82) is 0 Å². The van der Waals surface area contributed by atoms with E-state index in [1.54, 1.807) is 7.05 Å². The smallest absolute Gasteiger partial charge is 0.412 e. The van der Waals surface area contributed by atoms with Crippen LogP contribution in [0, 0.1) is 0 Å². The van der Waals surface area contributed by atoms with Crippen molar-refractivity contribution in [3.05, 3.63) is 71.4 Å². The van der Waals surface area contributed by atoms with E-state index in [0.29, 0.717) is 0 Å². The number of ether oxygens (including phenoxy) is 1. The molecule has 10 heteroatoms. The van der Waals surface area contributed by atoms with E-state index in [1.807, 2.05) is 54.0 Å². The highest BCUT2D eigenvalue weighted by molar-refractivity contribution is 6.01. The first-order valence-electron chi connectivity index (χ1n) is 9.73. The summed E-state index contributed by atoms with van der Waals surface area (Å²) in [6.45, 7) is -0.600. The predicted octanol–water partition coefficient (Wildman–Crippen LogP) is 2.53. The molecule has 0 atom stereocenters. The number of fused-ring (bicyclic) bond motifs is 3. The maximum absolute atomic E-state index is 12.5. The van der Waals surface area contributed by atoms with Crippen molar-refractivity contribution in [1.82, 2.24) is 15.3 Å². The Morgan fingerprint density at radius 2 is 1.69 bits per heavy atom. The minimum atomic E-state index is -1.24. The number of aliphatic carboxylic acids is 1. The predicted molar refractivity (Wildman–Crippen MR) is 113 cm³/mol. The van der Waals surface area contributed by atoms with Gasteiger partial charge in [-0.15, -0.1) is 0 Å². The van der Waals surface area contributed by atoms with Crippen molar-refractivity contribution < 1.29 is 29.1 Å². The third-order valence-corrected chi connectivity index (χ3v) is 5.00. The van der Waals surface area contributed by atoms with Gasteiger partial charge >= 0.3 is 12.1 Å². The third kappa shape index (κ3) is 4.30. The van der Waals surface area contributed by atoms with E-state index in [9.17, 15) is 14.4 Å². The van der Waals surface area contributed by atoms with Crippen LogP contribution in [0.1, 0.15) is 27.4 Å². The van der Waals surface area contributed by atoms with E-state index in [4.69, 9.17) is 9.84 Å². The van der Waals surface area contributed by atoms with Gasteiger partial charge < -0.3 is 9.84 Å². The highest BCUT2D eigenvalue weighted by Gasteiger charge is 2.29. The van der Waals surface area contributed by atoms with Crippen molar-refractivity contribution in [2.24, 2.45) is 7.05 Å². The summed E-state index contributed by atoms with van der Waals surface area (Å²) in [5.74, 6) is -2.15. The summed E-state index contributed by atoms with van der Waals surface area (Å²) in [6.07, 6.45) is 0.587. The first kappa shape index (κ1) is 21.1. The molecule has 3 N–H and O–H groups in total. The number of carboxylic acid groups (broad SMARTS) is 1. The van der Waals surface area contributed by atoms with Crippen LogP contribution in [0.15, 0.2) is 54.7 Å². The van der Waals surface area contributed by atoms with E-state index in [1.165, 1.54) is 10.9 Å². The summed E-state index contributed by atoms with van der Waals surface area (Å²) < 4.78 is 6.78. The van der Waals surface area contributed by atoms with Crippen LogP contribution in [0.25, 0.3) is 11.1 Å². The van der Waals surface area contributed by atoms with Gasteiger partial charge in [-0.05, 0) is 22.3 Å². The number of hydroxylamine groups is 1. The molecule has 10 nitrogen and oxygen atoms in total. The average Bonchev–Trinajstić information content (AvgIpc) is 3.29. The number of hydrogen-bond donors (Lipinski definition) is 3. The number of rotatable bonds is 7. The van der Waals surface area contributed by atoms with E-state index in [2.05, 4.69) is 15.3 Å². The van der Waals surface area contributed by atoms with Gasteiger partial charge in [0, 0.05) is 19.2 Å². The lowest BCUT2D eigenvalue weighted by Crippen LogP contribution is -2.27. The zero-order chi connectivity index (χ0) is 22.7. The molecule has 2 amide bonds. The molecule has 3 aromatic rings. The number of anilines is 1. The molecule has 0 saturated heterocycles. The standard InChI is InChI=1S/C22H20N4O6/c1-26-10-17(21(29)25-32-12-19(27)28)20(24-26)23-22(30)31-11-18-15-8-4-2-6-13(15)14-7-3-5-9-16(14)18/h2-10,18H,11-12H2,1H3,(H,25,29)(H,27,28)(H,23,24,30). The Bertz CT molecular complexity index is 1140. The Morgan fingerprint density at radius 1 is 1.06 bits per heavy atom. The van der Waals surface area contributed by atoms with Crippen molar-refractivity contribution >= 4 is 23.8 Å². The van der Waals surface area contributed by atoms with E-state index < -0.39 is 24.6 Å². The van der Waals surface area contributed by atoms with Gasteiger partial charge in [0.25, 0.3) is 5.91 Å². The molecule has 0 fully saturated rings. The van der Waals surface area contributed by atoms with Crippen LogP contribution in [0.3, 0.4) is 0 Å². The molecule has 2 aromatic carbocycles.